The smallest absolute Gasteiger partial charge is 0.258 e. The normalized spacial score (nSPS) is 22.7. The van der Waals surface area contributed by atoms with E-state index in [-0.39, 0.29) is 5.69 Å². The minimum atomic E-state index is -0.470. The number of anilines is 1. The van der Waals surface area contributed by atoms with Gasteiger partial charge in [-0.2, -0.15) is 4.98 Å². The highest BCUT2D eigenvalue weighted by atomic mass is 19.1. The topological polar surface area (TPSA) is 64.9 Å². The molecule has 0 radical (unpaired) electrons. The summed E-state index contributed by atoms with van der Waals surface area (Å²) in [7, 11) is 0. The summed E-state index contributed by atoms with van der Waals surface area (Å²) in [6.07, 6.45) is 1.09. The van der Waals surface area contributed by atoms with Crippen LogP contribution in [0.2, 0.25) is 0 Å². The Morgan fingerprint density at radius 1 is 1.47 bits per heavy atom. The second kappa shape index (κ2) is 3.55. The Labute approximate surface area is 97.6 Å². The van der Waals surface area contributed by atoms with Crippen LogP contribution in [0.15, 0.2) is 22.7 Å². The molecule has 0 saturated heterocycles. The fourth-order valence-corrected chi connectivity index (χ4v) is 1.84. The lowest BCUT2D eigenvalue weighted by atomic mass is 10.2. The van der Waals surface area contributed by atoms with Crippen LogP contribution in [0, 0.1) is 11.7 Å². The second-order valence-corrected chi connectivity index (χ2v) is 4.51. The molecule has 2 aromatic rings. The first-order chi connectivity index (χ1) is 8.15. The maximum atomic E-state index is 13.3. The average Bonchev–Trinajstić information content (AvgIpc) is 2.86. The maximum Gasteiger partial charge on any atom is 0.258 e. The van der Waals surface area contributed by atoms with E-state index in [9.17, 15) is 4.39 Å². The number of nitrogens with two attached hydrogens (primary N) is 1. The van der Waals surface area contributed by atoms with E-state index in [1.807, 2.05) is 0 Å². The molecular formula is C12H12FN3O. The van der Waals surface area contributed by atoms with Gasteiger partial charge in [0.05, 0.1) is 5.69 Å². The number of rotatable bonds is 2. The number of nitrogens with zero attached hydrogens (tertiary/aromatic N) is 2. The second-order valence-electron chi connectivity index (χ2n) is 4.51. The van der Waals surface area contributed by atoms with Crippen molar-refractivity contribution in [3.8, 4) is 11.5 Å². The quantitative estimate of drug-likeness (QED) is 0.809. The van der Waals surface area contributed by atoms with E-state index in [0.29, 0.717) is 29.1 Å². The van der Waals surface area contributed by atoms with Crippen molar-refractivity contribution in [2.75, 3.05) is 5.73 Å². The molecule has 1 heterocycles. The number of halogens is 1. The van der Waals surface area contributed by atoms with Crippen molar-refractivity contribution in [1.82, 2.24) is 10.1 Å². The van der Waals surface area contributed by atoms with Crippen molar-refractivity contribution in [3.63, 3.8) is 0 Å². The molecular weight excluding hydrogens is 221 g/mol. The molecule has 2 N–H and O–H groups in total. The van der Waals surface area contributed by atoms with Crippen molar-refractivity contribution < 1.29 is 8.91 Å². The molecule has 4 nitrogen and oxygen atoms in total. The van der Waals surface area contributed by atoms with Gasteiger partial charge in [0.2, 0.25) is 0 Å². The SMILES string of the molecule is CC1CC1c1noc(-c2ccc(N)c(F)c2)n1. The van der Waals surface area contributed by atoms with E-state index >= 15 is 0 Å². The van der Waals surface area contributed by atoms with E-state index in [1.54, 1.807) is 6.07 Å². The lowest BCUT2D eigenvalue weighted by Crippen LogP contribution is -1.90. The molecule has 1 aliphatic carbocycles. The first-order valence-electron chi connectivity index (χ1n) is 5.54. The van der Waals surface area contributed by atoms with Gasteiger partial charge in [-0.05, 0) is 30.5 Å². The monoisotopic (exact) mass is 233 g/mol. The molecule has 88 valence electrons. The molecule has 1 saturated carbocycles. The average molecular weight is 233 g/mol. The fraction of sp³-hybridized carbons (Fsp3) is 0.333. The van der Waals surface area contributed by atoms with Crippen molar-refractivity contribution in [2.45, 2.75) is 19.3 Å². The van der Waals surface area contributed by atoms with Gasteiger partial charge in [0.1, 0.15) is 5.82 Å². The third kappa shape index (κ3) is 1.77. The predicted octanol–water partition coefficient (Wildman–Crippen LogP) is 2.58. The molecule has 1 aromatic heterocycles. The highest BCUT2D eigenvalue weighted by Gasteiger charge is 2.38. The molecule has 0 bridgehead atoms. The zero-order valence-electron chi connectivity index (χ0n) is 9.35. The number of aromatic nitrogens is 2. The van der Waals surface area contributed by atoms with Gasteiger partial charge in [-0.15, -0.1) is 0 Å². The van der Waals surface area contributed by atoms with Gasteiger partial charge in [-0.25, -0.2) is 4.39 Å². The Hall–Kier alpha value is -1.91. The van der Waals surface area contributed by atoms with E-state index < -0.39 is 5.82 Å². The Bertz CT molecular complexity index is 567. The van der Waals surface area contributed by atoms with Crippen LogP contribution in [0.3, 0.4) is 0 Å². The first kappa shape index (κ1) is 10.3. The summed E-state index contributed by atoms with van der Waals surface area (Å²) in [5, 5.41) is 3.92. The van der Waals surface area contributed by atoms with Gasteiger partial charge < -0.3 is 10.3 Å². The first-order valence-corrected chi connectivity index (χ1v) is 5.54. The largest absolute Gasteiger partial charge is 0.396 e. The summed E-state index contributed by atoms with van der Waals surface area (Å²) in [5.41, 5.74) is 6.08. The summed E-state index contributed by atoms with van der Waals surface area (Å²) in [5.74, 6) is 1.60. The number of hydrogen-bond acceptors (Lipinski definition) is 4. The molecule has 17 heavy (non-hydrogen) atoms. The molecule has 3 rings (SSSR count). The van der Waals surface area contributed by atoms with Crippen LogP contribution in [0.4, 0.5) is 10.1 Å². The summed E-state index contributed by atoms with van der Waals surface area (Å²) >= 11 is 0. The molecule has 1 aromatic carbocycles. The minimum absolute atomic E-state index is 0.115. The third-order valence-electron chi connectivity index (χ3n) is 3.13. The molecule has 0 amide bonds. The van der Waals surface area contributed by atoms with E-state index in [1.165, 1.54) is 12.1 Å². The van der Waals surface area contributed by atoms with Crippen LogP contribution in [-0.4, -0.2) is 10.1 Å². The molecule has 1 fully saturated rings. The summed E-state index contributed by atoms with van der Waals surface area (Å²) in [6, 6.07) is 4.48. The van der Waals surface area contributed by atoms with Crippen molar-refractivity contribution in [3.05, 3.63) is 29.8 Å². The van der Waals surface area contributed by atoms with Gasteiger partial charge in [0.25, 0.3) is 5.89 Å². The standard InChI is InChI=1S/C12H12FN3O/c1-6-4-8(6)11-15-12(17-16-11)7-2-3-10(14)9(13)5-7/h2-3,5-6,8H,4,14H2,1H3. The number of hydrogen-bond donors (Lipinski definition) is 1. The zero-order valence-corrected chi connectivity index (χ0v) is 9.35. The predicted molar refractivity (Wildman–Crippen MR) is 60.6 cm³/mol. The van der Waals surface area contributed by atoms with Crippen LogP contribution >= 0.6 is 0 Å². The van der Waals surface area contributed by atoms with E-state index in [2.05, 4.69) is 17.1 Å². The highest BCUT2D eigenvalue weighted by Crippen LogP contribution is 2.45. The zero-order chi connectivity index (χ0) is 12.0. The van der Waals surface area contributed by atoms with Crippen molar-refractivity contribution in [2.24, 2.45) is 5.92 Å². The highest BCUT2D eigenvalue weighted by molar-refractivity contribution is 5.57. The van der Waals surface area contributed by atoms with Gasteiger partial charge >= 0.3 is 0 Å². The fourth-order valence-electron chi connectivity index (χ4n) is 1.84. The Morgan fingerprint density at radius 3 is 2.88 bits per heavy atom. The Kier molecular flexibility index (Phi) is 2.14. The van der Waals surface area contributed by atoms with Crippen LogP contribution < -0.4 is 5.73 Å². The molecule has 0 spiro atoms. The Balaban J connectivity index is 1.92. The molecule has 0 aliphatic heterocycles. The lowest BCUT2D eigenvalue weighted by molar-refractivity contribution is 0.421. The number of nitrogen functional groups attached to an aromatic ring is 1. The van der Waals surface area contributed by atoms with Crippen LogP contribution in [0.25, 0.3) is 11.5 Å². The summed E-state index contributed by atoms with van der Waals surface area (Å²) < 4.78 is 18.4. The van der Waals surface area contributed by atoms with Crippen LogP contribution in [0.1, 0.15) is 25.1 Å². The minimum Gasteiger partial charge on any atom is -0.396 e. The van der Waals surface area contributed by atoms with E-state index in [0.717, 1.165) is 6.42 Å². The van der Waals surface area contributed by atoms with Crippen molar-refractivity contribution in [1.29, 1.82) is 0 Å². The van der Waals surface area contributed by atoms with Crippen molar-refractivity contribution >= 4 is 5.69 Å². The summed E-state index contributed by atoms with van der Waals surface area (Å²) in [4.78, 5) is 4.28. The molecule has 1 aliphatic rings. The van der Waals surface area contributed by atoms with Gasteiger partial charge in [0.15, 0.2) is 5.82 Å². The summed E-state index contributed by atoms with van der Waals surface area (Å²) in [6.45, 7) is 2.14. The van der Waals surface area contributed by atoms with Crippen LogP contribution in [0.5, 0.6) is 0 Å². The maximum absolute atomic E-state index is 13.3. The molecule has 2 unspecified atom stereocenters. The van der Waals surface area contributed by atoms with Crippen LogP contribution in [-0.2, 0) is 0 Å². The van der Waals surface area contributed by atoms with Gasteiger partial charge in [-0.3, -0.25) is 0 Å². The van der Waals surface area contributed by atoms with Gasteiger partial charge in [-0.1, -0.05) is 12.1 Å². The van der Waals surface area contributed by atoms with E-state index in [4.69, 9.17) is 10.3 Å². The third-order valence-corrected chi connectivity index (χ3v) is 3.13. The molecule has 2 atom stereocenters. The van der Waals surface area contributed by atoms with Gasteiger partial charge in [0, 0.05) is 11.5 Å². The molecule has 5 heteroatoms. The number of benzene rings is 1. The Morgan fingerprint density at radius 2 is 2.24 bits per heavy atom. The lowest BCUT2D eigenvalue weighted by Gasteiger charge is -1.97.